The van der Waals surface area contributed by atoms with Gasteiger partial charge in [-0.2, -0.15) is 0 Å². The highest BCUT2D eigenvalue weighted by Gasteiger charge is 2.28. The maximum atomic E-state index is 5.59. The molecule has 108 valence electrons. The van der Waals surface area contributed by atoms with Gasteiger partial charge in [0.1, 0.15) is 0 Å². The summed E-state index contributed by atoms with van der Waals surface area (Å²) in [5, 5.41) is 14.7. The number of rotatable bonds is 5. The fourth-order valence-electron chi connectivity index (χ4n) is 2.43. The fourth-order valence-corrected chi connectivity index (χ4v) is 2.43. The first-order valence-electron chi connectivity index (χ1n) is 7.18. The van der Waals surface area contributed by atoms with Crippen LogP contribution in [0, 0.1) is 5.41 Å². The topological polar surface area (TPSA) is 63.0 Å². The van der Waals surface area contributed by atoms with Gasteiger partial charge >= 0.3 is 6.01 Å². The van der Waals surface area contributed by atoms with Crippen LogP contribution in [0.3, 0.4) is 0 Å². The van der Waals surface area contributed by atoms with Crippen LogP contribution in [-0.4, -0.2) is 22.3 Å². The Balaban J connectivity index is 1.80. The molecule has 0 aliphatic heterocycles. The van der Waals surface area contributed by atoms with Gasteiger partial charge in [0.25, 0.3) is 0 Å². The predicted octanol–water partition coefficient (Wildman–Crippen LogP) is 2.95. The molecule has 0 spiro atoms. The minimum absolute atomic E-state index is 0.0549. The van der Waals surface area contributed by atoms with Gasteiger partial charge in [-0.1, -0.05) is 24.9 Å². The van der Waals surface area contributed by atoms with Crippen molar-refractivity contribution in [2.24, 2.45) is 5.41 Å². The molecule has 1 fully saturated rings. The van der Waals surface area contributed by atoms with Crippen LogP contribution in [0.15, 0.2) is 4.42 Å². The molecule has 1 aromatic heterocycles. The van der Waals surface area contributed by atoms with Crippen LogP contribution in [0.5, 0.6) is 0 Å². The lowest BCUT2D eigenvalue weighted by Gasteiger charge is -2.22. The number of nitrogens with zero attached hydrogens (tertiary/aromatic N) is 2. The van der Waals surface area contributed by atoms with E-state index in [1.54, 1.807) is 0 Å². The highest BCUT2D eigenvalue weighted by molar-refractivity contribution is 5.18. The molecule has 5 heteroatoms. The molecule has 0 amide bonds. The van der Waals surface area contributed by atoms with Crippen LogP contribution in [0.25, 0.3) is 0 Å². The van der Waals surface area contributed by atoms with Crippen molar-refractivity contribution >= 4 is 6.01 Å². The lowest BCUT2D eigenvalue weighted by atomic mass is 9.89. The van der Waals surface area contributed by atoms with Gasteiger partial charge in [0.15, 0.2) is 0 Å². The first-order valence-corrected chi connectivity index (χ1v) is 7.18. The molecule has 19 heavy (non-hydrogen) atoms. The largest absolute Gasteiger partial charge is 0.407 e. The number of hydrogen-bond acceptors (Lipinski definition) is 5. The minimum Gasteiger partial charge on any atom is -0.407 e. The van der Waals surface area contributed by atoms with Gasteiger partial charge in [0.05, 0.1) is 6.54 Å². The molecule has 5 nitrogen and oxygen atoms in total. The summed E-state index contributed by atoms with van der Waals surface area (Å²) < 4.78 is 5.59. The van der Waals surface area contributed by atoms with Crippen molar-refractivity contribution < 1.29 is 4.42 Å². The third-order valence-corrected chi connectivity index (χ3v) is 3.71. The highest BCUT2D eigenvalue weighted by Crippen LogP contribution is 2.37. The molecule has 2 rings (SSSR count). The van der Waals surface area contributed by atoms with Crippen LogP contribution in [0.1, 0.15) is 59.3 Å². The lowest BCUT2D eigenvalue weighted by Crippen LogP contribution is -2.35. The van der Waals surface area contributed by atoms with E-state index in [-0.39, 0.29) is 5.54 Å². The number of aromatic nitrogens is 2. The van der Waals surface area contributed by atoms with Crippen molar-refractivity contribution in [3.05, 3.63) is 5.89 Å². The molecule has 0 bridgehead atoms. The molecular weight excluding hydrogens is 240 g/mol. The summed E-state index contributed by atoms with van der Waals surface area (Å²) in [6.07, 6.45) is 5.24. The second kappa shape index (κ2) is 5.49. The van der Waals surface area contributed by atoms with Gasteiger partial charge in [-0.25, -0.2) is 0 Å². The number of nitrogens with one attached hydrogen (secondary N) is 2. The van der Waals surface area contributed by atoms with Gasteiger partial charge in [-0.15, -0.1) is 5.10 Å². The molecule has 1 aliphatic rings. The standard InChI is InChI=1S/C14H26N4O/c1-13(2,3)16-9-11-17-18-12(19-11)15-10-14(4)7-5-6-8-14/h16H,5-10H2,1-4H3,(H,15,18). The molecule has 0 atom stereocenters. The second-order valence-corrected chi connectivity index (χ2v) is 6.98. The number of anilines is 1. The van der Waals surface area contributed by atoms with E-state index in [0.29, 0.717) is 23.9 Å². The Kier molecular flexibility index (Phi) is 4.13. The molecule has 1 aromatic rings. The molecule has 0 saturated heterocycles. The lowest BCUT2D eigenvalue weighted by molar-refractivity contribution is 0.353. The Morgan fingerprint density at radius 2 is 1.89 bits per heavy atom. The van der Waals surface area contributed by atoms with Crippen molar-refractivity contribution in [1.82, 2.24) is 15.5 Å². The third-order valence-electron chi connectivity index (χ3n) is 3.71. The van der Waals surface area contributed by atoms with Crippen LogP contribution in [0.2, 0.25) is 0 Å². The SMILES string of the molecule is CC1(CNc2nnc(CNC(C)(C)C)o2)CCCC1. The maximum absolute atomic E-state index is 5.59. The van der Waals surface area contributed by atoms with Gasteiger partial charge in [0.2, 0.25) is 5.89 Å². The zero-order valence-corrected chi connectivity index (χ0v) is 12.5. The van der Waals surface area contributed by atoms with Crippen LogP contribution < -0.4 is 10.6 Å². The predicted molar refractivity (Wildman–Crippen MR) is 76.0 cm³/mol. The summed E-state index contributed by atoms with van der Waals surface area (Å²) in [5.41, 5.74) is 0.442. The molecule has 0 unspecified atom stereocenters. The van der Waals surface area contributed by atoms with E-state index in [9.17, 15) is 0 Å². The normalized spacial score (nSPS) is 18.7. The van der Waals surface area contributed by atoms with E-state index in [0.717, 1.165) is 6.54 Å². The zero-order valence-electron chi connectivity index (χ0n) is 12.5. The minimum atomic E-state index is 0.0549. The first-order chi connectivity index (χ1) is 8.86. The van der Waals surface area contributed by atoms with Gasteiger partial charge in [-0.05, 0) is 39.0 Å². The van der Waals surface area contributed by atoms with Crippen molar-refractivity contribution in [3.63, 3.8) is 0 Å². The molecule has 1 saturated carbocycles. The Hall–Kier alpha value is -1.10. The van der Waals surface area contributed by atoms with Crippen molar-refractivity contribution in [3.8, 4) is 0 Å². The van der Waals surface area contributed by atoms with Gasteiger partial charge in [-0.3, -0.25) is 0 Å². The Labute approximate surface area is 115 Å². The van der Waals surface area contributed by atoms with E-state index < -0.39 is 0 Å². The molecule has 1 heterocycles. The fraction of sp³-hybridized carbons (Fsp3) is 0.857. The third kappa shape index (κ3) is 4.49. The summed E-state index contributed by atoms with van der Waals surface area (Å²) in [6.45, 7) is 10.2. The van der Waals surface area contributed by atoms with Crippen LogP contribution in [-0.2, 0) is 6.54 Å². The van der Waals surface area contributed by atoms with Crippen molar-refractivity contribution in [2.75, 3.05) is 11.9 Å². The summed E-state index contributed by atoms with van der Waals surface area (Å²) in [4.78, 5) is 0. The summed E-state index contributed by atoms with van der Waals surface area (Å²) >= 11 is 0. The molecule has 0 radical (unpaired) electrons. The molecule has 0 aromatic carbocycles. The second-order valence-electron chi connectivity index (χ2n) is 6.98. The van der Waals surface area contributed by atoms with E-state index in [1.165, 1.54) is 25.7 Å². The Morgan fingerprint density at radius 1 is 1.21 bits per heavy atom. The van der Waals surface area contributed by atoms with Crippen molar-refractivity contribution in [1.29, 1.82) is 0 Å². The molecular formula is C14H26N4O. The summed E-state index contributed by atoms with van der Waals surface area (Å²) in [6, 6.07) is 0.541. The Morgan fingerprint density at radius 3 is 2.53 bits per heavy atom. The smallest absolute Gasteiger partial charge is 0.315 e. The van der Waals surface area contributed by atoms with E-state index >= 15 is 0 Å². The van der Waals surface area contributed by atoms with E-state index in [1.807, 2.05) is 0 Å². The van der Waals surface area contributed by atoms with Crippen molar-refractivity contribution in [2.45, 2.75) is 65.5 Å². The van der Waals surface area contributed by atoms with Gasteiger partial charge < -0.3 is 15.1 Å². The highest BCUT2D eigenvalue weighted by atomic mass is 16.4. The number of hydrogen-bond donors (Lipinski definition) is 2. The summed E-state index contributed by atoms with van der Waals surface area (Å²) in [7, 11) is 0. The first kappa shape index (κ1) is 14.3. The zero-order chi connectivity index (χ0) is 13.9. The quantitative estimate of drug-likeness (QED) is 0.858. The molecule has 2 N–H and O–H groups in total. The van der Waals surface area contributed by atoms with Crippen LogP contribution in [0.4, 0.5) is 6.01 Å². The Bertz CT molecular complexity index is 402. The van der Waals surface area contributed by atoms with E-state index in [2.05, 4.69) is 48.5 Å². The van der Waals surface area contributed by atoms with E-state index in [4.69, 9.17) is 4.42 Å². The van der Waals surface area contributed by atoms with Crippen LogP contribution >= 0.6 is 0 Å². The summed E-state index contributed by atoms with van der Waals surface area (Å²) in [5.74, 6) is 0.633. The monoisotopic (exact) mass is 266 g/mol. The van der Waals surface area contributed by atoms with Gasteiger partial charge in [0, 0.05) is 12.1 Å². The average Bonchev–Trinajstić information content (AvgIpc) is 2.93. The average molecular weight is 266 g/mol. The molecule has 1 aliphatic carbocycles. The maximum Gasteiger partial charge on any atom is 0.315 e.